The molecule has 4 nitrogen and oxygen atoms in total. The third-order valence-electron chi connectivity index (χ3n) is 5.50. The lowest BCUT2D eigenvalue weighted by Gasteiger charge is -2.35. The quantitative estimate of drug-likeness (QED) is 0.897. The molecule has 1 aliphatic heterocycles. The molecule has 0 aromatic heterocycles. The summed E-state index contributed by atoms with van der Waals surface area (Å²) < 4.78 is 0. The monoisotopic (exact) mass is 316 g/mol. The highest BCUT2D eigenvalue weighted by Gasteiger charge is 2.41. The SMILES string of the molecule is CC(=O)N[C@@H]1C[C@@H]2CN(Cc3cc(C)ccc3C)C[C@@H]2C[C@H]1O. The summed E-state index contributed by atoms with van der Waals surface area (Å²) in [5.41, 5.74) is 4.06. The first kappa shape index (κ1) is 16.5. The Balaban J connectivity index is 1.64. The van der Waals surface area contributed by atoms with Gasteiger partial charge in [-0.05, 0) is 49.7 Å². The van der Waals surface area contributed by atoms with E-state index in [1.54, 1.807) is 0 Å². The summed E-state index contributed by atoms with van der Waals surface area (Å²) in [5.74, 6) is 1.10. The number of benzene rings is 1. The summed E-state index contributed by atoms with van der Waals surface area (Å²) in [6.45, 7) is 8.96. The number of aryl methyl sites for hydroxylation is 2. The molecule has 0 unspecified atom stereocenters. The molecule has 2 N–H and O–H groups in total. The Labute approximate surface area is 138 Å². The Bertz CT molecular complexity index is 587. The zero-order valence-electron chi connectivity index (χ0n) is 14.4. The van der Waals surface area contributed by atoms with Gasteiger partial charge in [0.2, 0.25) is 5.91 Å². The maximum absolute atomic E-state index is 11.3. The van der Waals surface area contributed by atoms with Crippen LogP contribution in [0.3, 0.4) is 0 Å². The van der Waals surface area contributed by atoms with Gasteiger partial charge in [-0.1, -0.05) is 23.8 Å². The van der Waals surface area contributed by atoms with Crippen LogP contribution in [-0.4, -0.2) is 41.1 Å². The number of nitrogens with one attached hydrogen (secondary N) is 1. The van der Waals surface area contributed by atoms with Crippen LogP contribution < -0.4 is 5.32 Å². The Morgan fingerprint density at radius 1 is 1.26 bits per heavy atom. The third kappa shape index (κ3) is 3.75. The molecular formula is C19H28N2O2. The van der Waals surface area contributed by atoms with Crippen LogP contribution in [0.25, 0.3) is 0 Å². The molecule has 2 fully saturated rings. The Morgan fingerprint density at radius 3 is 2.65 bits per heavy atom. The zero-order chi connectivity index (χ0) is 16.6. The van der Waals surface area contributed by atoms with Gasteiger partial charge in [-0.2, -0.15) is 0 Å². The number of aliphatic hydroxyl groups excluding tert-OH is 1. The van der Waals surface area contributed by atoms with E-state index in [0.29, 0.717) is 11.8 Å². The number of rotatable bonds is 3. The van der Waals surface area contributed by atoms with Crippen molar-refractivity contribution in [2.24, 2.45) is 11.8 Å². The highest BCUT2D eigenvalue weighted by Crippen LogP contribution is 2.37. The van der Waals surface area contributed by atoms with E-state index in [9.17, 15) is 9.90 Å². The van der Waals surface area contributed by atoms with E-state index in [2.05, 4.69) is 42.3 Å². The molecule has 23 heavy (non-hydrogen) atoms. The van der Waals surface area contributed by atoms with Crippen LogP contribution in [0.2, 0.25) is 0 Å². The van der Waals surface area contributed by atoms with Gasteiger partial charge >= 0.3 is 0 Å². The van der Waals surface area contributed by atoms with Crippen molar-refractivity contribution in [3.05, 3.63) is 34.9 Å². The van der Waals surface area contributed by atoms with Gasteiger partial charge in [-0.3, -0.25) is 9.69 Å². The first-order valence-corrected chi connectivity index (χ1v) is 8.66. The molecule has 126 valence electrons. The number of likely N-dealkylation sites (tertiary alicyclic amines) is 1. The number of carbonyl (C=O) groups is 1. The van der Waals surface area contributed by atoms with Crippen molar-refractivity contribution in [2.75, 3.05) is 13.1 Å². The van der Waals surface area contributed by atoms with Crippen LogP contribution in [0.4, 0.5) is 0 Å². The molecular weight excluding hydrogens is 288 g/mol. The molecule has 1 saturated heterocycles. The molecule has 1 aromatic rings. The molecule has 1 amide bonds. The van der Waals surface area contributed by atoms with Crippen LogP contribution in [-0.2, 0) is 11.3 Å². The zero-order valence-corrected chi connectivity index (χ0v) is 14.4. The summed E-state index contributed by atoms with van der Waals surface area (Å²) in [7, 11) is 0. The van der Waals surface area contributed by atoms with E-state index >= 15 is 0 Å². The molecule has 1 aromatic carbocycles. The van der Waals surface area contributed by atoms with E-state index in [4.69, 9.17) is 0 Å². The van der Waals surface area contributed by atoms with Crippen LogP contribution in [0.5, 0.6) is 0 Å². The minimum atomic E-state index is -0.402. The number of hydrogen-bond donors (Lipinski definition) is 2. The minimum absolute atomic E-state index is 0.0438. The lowest BCUT2D eigenvalue weighted by molar-refractivity contribution is -0.121. The van der Waals surface area contributed by atoms with Crippen LogP contribution >= 0.6 is 0 Å². The fraction of sp³-hybridized carbons (Fsp3) is 0.632. The molecule has 4 heteroatoms. The standard InChI is InChI=1S/C19H28N2O2/c1-12-4-5-13(2)15(6-12)9-21-10-16-7-18(20-14(3)22)19(23)8-17(16)11-21/h4-6,16-19,23H,7-11H2,1-3H3,(H,20,22)/t16-,17+,18-,19-/m1/s1. The summed E-state index contributed by atoms with van der Waals surface area (Å²) >= 11 is 0. The van der Waals surface area contributed by atoms with Crippen molar-refractivity contribution in [3.8, 4) is 0 Å². The van der Waals surface area contributed by atoms with Gasteiger partial charge in [0.05, 0.1) is 12.1 Å². The smallest absolute Gasteiger partial charge is 0.217 e. The molecule has 0 radical (unpaired) electrons. The van der Waals surface area contributed by atoms with Gasteiger partial charge in [-0.25, -0.2) is 0 Å². The average Bonchev–Trinajstić information content (AvgIpc) is 2.84. The highest BCUT2D eigenvalue weighted by molar-refractivity contribution is 5.73. The first-order valence-electron chi connectivity index (χ1n) is 8.66. The predicted octanol–water partition coefficient (Wildman–Crippen LogP) is 2.01. The molecule has 1 heterocycles. The second-order valence-electron chi connectivity index (χ2n) is 7.49. The fourth-order valence-electron chi connectivity index (χ4n) is 4.28. The number of aliphatic hydroxyl groups is 1. The second kappa shape index (κ2) is 6.62. The number of amides is 1. The topological polar surface area (TPSA) is 52.6 Å². The molecule has 4 atom stereocenters. The average molecular weight is 316 g/mol. The van der Waals surface area contributed by atoms with E-state index in [0.717, 1.165) is 32.5 Å². The number of nitrogens with zero attached hydrogens (tertiary/aromatic N) is 1. The van der Waals surface area contributed by atoms with Gasteiger partial charge in [0, 0.05) is 26.6 Å². The van der Waals surface area contributed by atoms with E-state index < -0.39 is 6.10 Å². The summed E-state index contributed by atoms with van der Waals surface area (Å²) in [6, 6.07) is 6.57. The predicted molar refractivity (Wildman–Crippen MR) is 91.0 cm³/mol. The van der Waals surface area contributed by atoms with Crippen molar-refractivity contribution in [2.45, 2.75) is 52.3 Å². The lowest BCUT2D eigenvalue weighted by Crippen LogP contribution is -2.48. The lowest BCUT2D eigenvalue weighted by atomic mass is 9.77. The largest absolute Gasteiger partial charge is 0.391 e. The summed E-state index contributed by atoms with van der Waals surface area (Å²) in [4.78, 5) is 13.8. The van der Waals surface area contributed by atoms with Crippen molar-refractivity contribution in [1.82, 2.24) is 10.2 Å². The molecule has 2 aliphatic rings. The normalized spacial score (nSPS) is 31.0. The van der Waals surface area contributed by atoms with Crippen LogP contribution in [0.15, 0.2) is 18.2 Å². The molecule has 0 bridgehead atoms. The van der Waals surface area contributed by atoms with Crippen LogP contribution in [0.1, 0.15) is 36.5 Å². The minimum Gasteiger partial charge on any atom is -0.391 e. The van der Waals surface area contributed by atoms with Gasteiger partial charge in [0.25, 0.3) is 0 Å². The first-order chi connectivity index (χ1) is 10.9. The Hall–Kier alpha value is -1.39. The maximum Gasteiger partial charge on any atom is 0.217 e. The highest BCUT2D eigenvalue weighted by atomic mass is 16.3. The van der Waals surface area contributed by atoms with Crippen molar-refractivity contribution in [1.29, 1.82) is 0 Å². The van der Waals surface area contributed by atoms with Crippen LogP contribution in [0, 0.1) is 25.7 Å². The summed E-state index contributed by atoms with van der Waals surface area (Å²) in [5, 5.41) is 13.2. The van der Waals surface area contributed by atoms with Gasteiger partial charge in [0.15, 0.2) is 0 Å². The Kier molecular flexibility index (Phi) is 4.74. The van der Waals surface area contributed by atoms with Gasteiger partial charge in [-0.15, -0.1) is 0 Å². The second-order valence-corrected chi connectivity index (χ2v) is 7.49. The van der Waals surface area contributed by atoms with Gasteiger partial charge in [0.1, 0.15) is 0 Å². The number of hydrogen-bond acceptors (Lipinski definition) is 3. The van der Waals surface area contributed by atoms with E-state index in [1.165, 1.54) is 23.6 Å². The Morgan fingerprint density at radius 2 is 1.96 bits per heavy atom. The van der Waals surface area contributed by atoms with Crippen molar-refractivity contribution in [3.63, 3.8) is 0 Å². The molecule has 3 rings (SSSR count). The molecule has 1 saturated carbocycles. The third-order valence-corrected chi connectivity index (χ3v) is 5.50. The van der Waals surface area contributed by atoms with E-state index in [1.807, 2.05) is 0 Å². The van der Waals surface area contributed by atoms with Gasteiger partial charge < -0.3 is 10.4 Å². The summed E-state index contributed by atoms with van der Waals surface area (Å²) in [6.07, 6.45) is 1.30. The van der Waals surface area contributed by atoms with E-state index in [-0.39, 0.29) is 11.9 Å². The maximum atomic E-state index is 11.3. The number of fused-ring (bicyclic) bond motifs is 1. The fourth-order valence-corrected chi connectivity index (χ4v) is 4.28. The molecule has 1 aliphatic carbocycles. The van der Waals surface area contributed by atoms with Crippen molar-refractivity contribution >= 4 is 5.91 Å². The number of carbonyl (C=O) groups excluding carboxylic acids is 1. The molecule has 0 spiro atoms. The van der Waals surface area contributed by atoms with Crippen molar-refractivity contribution < 1.29 is 9.90 Å².